The molecular weight excluding hydrogens is 514 g/mol. The second kappa shape index (κ2) is 17.4. The van der Waals surface area contributed by atoms with Gasteiger partial charge in [0.1, 0.15) is 30.0 Å². The summed E-state index contributed by atoms with van der Waals surface area (Å²) in [5, 5.41) is 15.1. The van der Waals surface area contributed by atoms with Crippen molar-refractivity contribution in [3.8, 4) is 5.75 Å². The summed E-state index contributed by atoms with van der Waals surface area (Å²) in [6, 6.07) is 3.96. The number of hydrogen-bond acceptors (Lipinski definition) is 7. The Morgan fingerprint density at radius 3 is 2.12 bits per heavy atom. The van der Waals surface area contributed by atoms with E-state index in [0.29, 0.717) is 18.4 Å². The smallest absolute Gasteiger partial charge is 0.408 e. The summed E-state index contributed by atoms with van der Waals surface area (Å²) in [6.07, 6.45) is 5.45. The van der Waals surface area contributed by atoms with Crippen molar-refractivity contribution in [2.24, 2.45) is 5.92 Å². The number of rotatable bonds is 16. The first-order valence-corrected chi connectivity index (χ1v) is 14.2. The van der Waals surface area contributed by atoms with Gasteiger partial charge in [-0.1, -0.05) is 65.0 Å². The molecule has 1 aromatic rings. The number of carbonyl (C=O) groups excluding carboxylic acids is 4. The van der Waals surface area contributed by atoms with E-state index in [1.54, 1.807) is 32.9 Å². The Morgan fingerprint density at radius 1 is 0.975 bits per heavy atom. The van der Waals surface area contributed by atoms with Gasteiger partial charge in [0, 0.05) is 6.54 Å². The molecular formula is C30H49N3O7. The van der Waals surface area contributed by atoms with E-state index < -0.39 is 41.6 Å². The van der Waals surface area contributed by atoms with Crippen LogP contribution in [0.15, 0.2) is 24.3 Å². The zero-order valence-corrected chi connectivity index (χ0v) is 25.2. The molecule has 0 spiro atoms. The number of unbranched alkanes of at least 4 members (excludes halogenated alkanes) is 5. The van der Waals surface area contributed by atoms with Crippen LogP contribution in [0.5, 0.6) is 5.75 Å². The normalized spacial score (nSPS) is 12.8. The zero-order chi connectivity index (χ0) is 30.3. The number of ether oxygens (including phenoxy) is 2. The largest absolute Gasteiger partial charge is 0.508 e. The molecule has 0 radical (unpaired) electrons. The molecule has 0 aliphatic carbocycles. The summed E-state index contributed by atoms with van der Waals surface area (Å²) < 4.78 is 10.1. The van der Waals surface area contributed by atoms with Crippen molar-refractivity contribution in [3.05, 3.63) is 29.8 Å². The molecule has 0 saturated heterocycles. The molecule has 10 nitrogen and oxygen atoms in total. The van der Waals surface area contributed by atoms with Crippen molar-refractivity contribution in [2.45, 2.75) is 104 Å². The van der Waals surface area contributed by atoms with Crippen molar-refractivity contribution in [1.29, 1.82) is 0 Å². The van der Waals surface area contributed by atoms with Crippen molar-refractivity contribution < 1.29 is 33.8 Å². The Balaban J connectivity index is 3.43. The average molecular weight is 564 g/mol. The van der Waals surface area contributed by atoms with Crippen LogP contribution in [0.25, 0.3) is 0 Å². The molecule has 0 aliphatic rings. The van der Waals surface area contributed by atoms with E-state index >= 15 is 0 Å². The van der Waals surface area contributed by atoms with Crippen molar-refractivity contribution in [3.63, 3.8) is 0 Å². The average Bonchev–Trinajstić information content (AvgIpc) is 2.87. The minimum absolute atomic E-state index is 0.00977. The van der Waals surface area contributed by atoms with E-state index in [2.05, 4.69) is 22.3 Å². The van der Waals surface area contributed by atoms with Gasteiger partial charge in [0.15, 0.2) is 0 Å². The summed E-state index contributed by atoms with van der Waals surface area (Å²) in [6.45, 7) is 11.1. The van der Waals surface area contributed by atoms with Crippen LogP contribution in [0.4, 0.5) is 4.79 Å². The lowest BCUT2D eigenvalue weighted by atomic mass is 9.98. The summed E-state index contributed by atoms with van der Waals surface area (Å²) in [7, 11) is 1.22. The van der Waals surface area contributed by atoms with Crippen LogP contribution in [-0.2, 0) is 23.9 Å². The Morgan fingerprint density at radius 2 is 1.57 bits per heavy atom. The van der Waals surface area contributed by atoms with E-state index in [1.165, 1.54) is 24.1 Å². The molecule has 10 heteroatoms. The number of benzene rings is 1. The number of aromatic hydroxyl groups is 1. The number of nitrogens with zero attached hydrogens (tertiary/aromatic N) is 1. The second-order valence-corrected chi connectivity index (χ2v) is 11.4. The van der Waals surface area contributed by atoms with Gasteiger partial charge in [0.25, 0.3) is 0 Å². The van der Waals surface area contributed by atoms with Crippen LogP contribution in [-0.4, -0.2) is 65.7 Å². The van der Waals surface area contributed by atoms with E-state index in [1.807, 2.05) is 13.8 Å². The lowest BCUT2D eigenvalue weighted by molar-refractivity contribution is -0.145. The standard InChI is InChI=1S/C30H49N3O7/c1-8-9-10-11-12-13-18-33(28(37)24(19-21(2)3)32-29(38)40-30(4,5)6)26(22-14-16-23(34)17-15-22)27(36)31-20-25(35)39-7/h14-17,21,24,26,34H,8-13,18-20H2,1-7H3,(H,31,36)(H,32,38). The molecule has 0 fully saturated rings. The Labute approximate surface area is 239 Å². The monoisotopic (exact) mass is 563 g/mol. The highest BCUT2D eigenvalue weighted by Crippen LogP contribution is 2.26. The number of phenolic OH excluding ortho intramolecular Hbond substituents is 1. The Hall–Kier alpha value is -3.30. The molecule has 226 valence electrons. The number of methoxy groups -OCH3 is 1. The lowest BCUT2D eigenvalue weighted by Gasteiger charge is -2.35. The minimum Gasteiger partial charge on any atom is -0.508 e. The zero-order valence-electron chi connectivity index (χ0n) is 25.2. The SMILES string of the molecule is CCCCCCCCN(C(=O)C(CC(C)C)NC(=O)OC(C)(C)C)C(C(=O)NCC(=O)OC)c1ccc(O)cc1. The summed E-state index contributed by atoms with van der Waals surface area (Å²) in [5.41, 5.74) is -0.296. The van der Waals surface area contributed by atoms with Crippen LogP contribution in [0, 0.1) is 5.92 Å². The first-order valence-electron chi connectivity index (χ1n) is 14.2. The number of nitrogens with one attached hydrogen (secondary N) is 2. The van der Waals surface area contributed by atoms with E-state index in [4.69, 9.17) is 4.74 Å². The maximum absolute atomic E-state index is 14.2. The van der Waals surface area contributed by atoms with Gasteiger partial charge >= 0.3 is 12.1 Å². The predicted molar refractivity (Wildman–Crippen MR) is 154 cm³/mol. The Kier molecular flexibility index (Phi) is 15.1. The van der Waals surface area contributed by atoms with Crippen molar-refractivity contribution in [2.75, 3.05) is 20.2 Å². The van der Waals surface area contributed by atoms with Crippen molar-refractivity contribution in [1.82, 2.24) is 15.5 Å². The molecule has 0 aliphatic heterocycles. The fraction of sp³-hybridized carbons (Fsp3) is 0.667. The number of esters is 1. The summed E-state index contributed by atoms with van der Waals surface area (Å²) in [4.78, 5) is 53.6. The molecule has 0 heterocycles. The van der Waals surface area contributed by atoms with Gasteiger partial charge in [0.2, 0.25) is 11.8 Å². The number of phenols is 1. The molecule has 1 rings (SSSR count). The fourth-order valence-corrected chi connectivity index (χ4v) is 4.23. The lowest BCUT2D eigenvalue weighted by Crippen LogP contribution is -2.54. The van der Waals surface area contributed by atoms with E-state index in [-0.39, 0.29) is 24.8 Å². The molecule has 3 amide bonds. The Bertz CT molecular complexity index is 942. The summed E-state index contributed by atoms with van der Waals surface area (Å²) >= 11 is 0. The van der Waals surface area contributed by atoms with Gasteiger partial charge in [-0.3, -0.25) is 14.4 Å². The van der Waals surface area contributed by atoms with Gasteiger partial charge < -0.3 is 30.1 Å². The third-order valence-corrected chi connectivity index (χ3v) is 6.14. The van der Waals surface area contributed by atoms with Crippen LogP contribution >= 0.6 is 0 Å². The topological polar surface area (TPSA) is 134 Å². The highest BCUT2D eigenvalue weighted by molar-refractivity contribution is 5.93. The predicted octanol–water partition coefficient (Wildman–Crippen LogP) is 4.85. The van der Waals surface area contributed by atoms with Gasteiger partial charge in [-0.15, -0.1) is 0 Å². The first-order chi connectivity index (χ1) is 18.8. The van der Waals surface area contributed by atoms with Crippen molar-refractivity contribution >= 4 is 23.9 Å². The van der Waals surface area contributed by atoms with Crippen LogP contribution in [0.2, 0.25) is 0 Å². The third kappa shape index (κ3) is 13.2. The van der Waals surface area contributed by atoms with E-state index in [9.17, 15) is 24.3 Å². The highest BCUT2D eigenvalue weighted by atomic mass is 16.6. The maximum Gasteiger partial charge on any atom is 0.408 e. The van der Waals surface area contributed by atoms with Crippen LogP contribution in [0.1, 0.15) is 98.1 Å². The third-order valence-electron chi connectivity index (χ3n) is 6.14. The molecule has 2 atom stereocenters. The van der Waals surface area contributed by atoms with Gasteiger partial charge in [-0.2, -0.15) is 0 Å². The number of alkyl carbamates (subject to hydrolysis) is 1. The fourth-order valence-electron chi connectivity index (χ4n) is 4.23. The molecule has 0 bridgehead atoms. The van der Waals surface area contributed by atoms with Gasteiger partial charge in [-0.25, -0.2) is 4.79 Å². The first kappa shape index (κ1) is 34.7. The molecule has 2 unspecified atom stereocenters. The molecule has 40 heavy (non-hydrogen) atoms. The van der Waals surface area contributed by atoms with Crippen LogP contribution in [0.3, 0.4) is 0 Å². The van der Waals surface area contributed by atoms with Gasteiger partial charge in [-0.05, 0) is 57.2 Å². The minimum atomic E-state index is -1.11. The quantitative estimate of drug-likeness (QED) is 0.193. The van der Waals surface area contributed by atoms with Gasteiger partial charge in [0.05, 0.1) is 7.11 Å². The molecule has 0 aromatic heterocycles. The number of amides is 3. The maximum atomic E-state index is 14.2. The summed E-state index contributed by atoms with van der Waals surface area (Å²) in [5.74, 6) is -1.57. The second-order valence-electron chi connectivity index (χ2n) is 11.4. The highest BCUT2D eigenvalue weighted by Gasteiger charge is 2.36. The number of hydrogen-bond donors (Lipinski definition) is 3. The molecule has 1 aromatic carbocycles. The van der Waals surface area contributed by atoms with Crippen LogP contribution < -0.4 is 10.6 Å². The number of carbonyl (C=O) groups is 4. The molecule has 0 saturated carbocycles. The van der Waals surface area contributed by atoms with E-state index in [0.717, 1.165) is 32.1 Å². The molecule has 3 N–H and O–H groups in total.